The molecular formula is C22H20ClNO6. The Balaban J connectivity index is 1.76. The number of benzene rings is 2. The maximum absolute atomic E-state index is 12.6. The van der Waals surface area contributed by atoms with Gasteiger partial charge in [-0.25, -0.2) is 9.59 Å². The van der Waals surface area contributed by atoms with E-state index in [1.807, 2.05) is 0 Å². The number of hydrogen-bond acceptors (Lipinski definition) is 6. The quantitative estimate of drug-likeness (QED) is 0.463. The summed E-state index contributed by atoms with van der Waals surface area (Å²) < 4.78 is 16.3. The van der Waals surface area contributed by atoms with E-state index >= 15 is 0 Å². The first-order valence-corrected chi connectivity index (χ1v) is 9.48. The van der Waals surface area contributed by atoms with Crippen LogP contribution in [0.4, 0.5) is 5.69 Å². The van der Waals surface area contributed by atoms with Gasteiger partial charge in [0.15, 0.2) is 5.60 Å². The highest BCUT2D eigenvalue weighted by Gasteiger charge is 2.32. The van der Waals surface area contributed by atoms with Gasteiger partial charge in [-0.2, -0.15) is 0 Å². The number of hydrogen-bond donors (Lipinski definition) is 1. The number of carbonyl (C=O) groups excluding carboxylic acids is 2. The molecule has 7 nitrogen and oxygen atoms in total. The van der Waals surface area contributed by atoms with Crippen LogP contribution in [0.25, 0.3) is 11.0 Å². The molecule has 0 aliphatic heterocycles. The number of nitrogens with one attached hydrogen (secondary N) is 1. The van der Waals surface area contributed by atoms with Crippen molar-refractivity contribution in [3.05, 3.63) is 69.5 Å². The molecule has 0 spiro atoms. The number of halogens is 1. The topological polar surface area (TPSA) is 94.8 Å². The molecule has 0 fully saturated rings. The number of rotatable bonds is 6. The van der Waals surface area contributed by atoms with Crippen molar-refractivity contribution in [2.75, 3.05) is 5.32 Å². The lowest BCUT2D eigenvalue weighted by Crippen LogP contribution is -2.39. The van der Waals surface area contributed by atoms with Crippen molar-refractivity contribution in [1.29, 1.82) is 0 Å². The maximum atomic E-state index is 12.6. The van der Waals surface area contributed by atoms with Crippen molar-refractivity contribution in [3.8, 4) is 5.75 Å². The van der Waals surface area contributed by atoms with Crippen LogP contribution in [0.2, 0.25) is 5.02 Å². The number of fused-ring (bicyclic) bond motifs is 1. The first-order valence-electron chi connectivity index (χ1n) is 9.10. The molecule has 0 saturated carbocycles. The van der Waals surface area contributed by atoms with Gasteiger partial charge in [-0.15, -0.1) is 0 Å². The predicted octanol–water partition coefficient (Wildman–Crippen LogP) is 4.31. The molecule has 156 valence electrons. The fourth-order valence-corrected chi connectivity index (χ4v) is 2.91. The zero-order chi connectivity index (χ0) is 21.9. The van der Waals surface area contributed by atoms with E-state index in [0.29, 0.717) is 27.4 Å². The summed E-state index contributed by atoms with van der Waals surface area (Å²) in [5, 5.41) is 3.77. The molecule has 0 radical (unpaired) electrons. The maximum Gasteiger partial charge on any atom is 0.350 e. The first-order chi connectivity index (χ1) is 14.1. The Hall–Kier alpha value is -3.32. The van der Waals surface area contributed by atoms with Crippen LogP contribution in [0.1, 0.15) is 26.3 Å². The Morgan fingerprint density at radius 2 is 1.80 bits per heavy atom. The Kier molecular flexibility index (Phi) is 6.12. The molecule has 0 bridgehead atoms. The van der Waals surface area contributed by atoms with Crippen LogP contribution in [-0.4, -0.2) is 17.5 Å². The van der Waals surface area contributed by atoms with Gasteiger partial charge in [0.05, 0.1) is 0 Å². The molecule has 8 heteroatoms. The summed E-state index contributed by atoms with van der Waals surface area (Å²) in [6, 6.07) is 12.8. The van der Waals surface area contributed by atoms with Gasteiger partial charge in [-0.05, 0) is 50.2 Å². The summed E-state index contributed by atoms with van der Waals surface area (Å²) in [4.78, 5) is 35.7. The summed E-state index contributed by atoms with van der Waals surface area (Å²) in [5.41, 5.74) is -0.612. The van der Waals surface area contributed by atoms with Gasteiger partial charge in [0.25, 0.3) is 0 Å². The van der Waals surface area contributed by atoms with Crippen molar-refractivity contribution < 1.29 is 23.5 Å². The summed E-state index contributed by atoms with van der Waals surface area (Å²) >= 11 is 5.86. The van der Waals surface area contributed by atoms with Crippen molar-refractivity contribution >= 4 is 40.1 Å². The van der Waals surface area contributed by atoms with Gasteiger partial charge < -0.3 is 19.2 Å². The second-order valence-corrected chi connectivity index (χ2v) is 7.56. The summed E-state index contributed by atoms with van der Waals surface area (Å²) in [6.07, 6.45) is 0. The smallest absolute Gasteiger partial charge is 0.350 e. The molecule has 1 N–H and O–H groups in total. The second kappa shape index (κ2) is 8.59. The largest absolute Gasteiger partial charge is 0.476 e. The molecule has 1 heterocycles. The van der Waals surface area contributed by atoms with Gasteiger partial charge in [-0.3, -0.25) is 4.79 Å². The van der Waals surface area contributed by atoms with E-state index in [1.54, 1.807) is 50.2 Å². The molecule has 3 aromatic rings. The van der Waals surface area contributed by atoms with E-state index in [4.69, 9.17) is 25.5 Å². The third-order valence-electron chi connectivity index (χ3n) is 4.19. The van der Waals surface area contributed by atoms with E-state index < -0.39 is 17.2 Å². The van der Waals surface area contributed by atoms with Crippen LogP contribution in [0.3, 0.4) is 0 Å². The van der Waals surface area contributed by atoms with Gasteiger partial charge in [-0.1, -0.05) is 11.6 Å². The SMILES string of the molecule is CC(=O)Nc1ccc2c(COC(=O)C(C)(C)Oc3ccc(Cl)cc3)cc(=O)oc2c1. The standard InChI is InChI=1S/C22H20ClNO6/c1-13(25)24-16-6-9-18-14(10-20(26)29-19(18)11-16)12-28-21(27)22(2,3)30-17-7-4-15(23)5-8-17/h4-11H,12H2,1-3H3,(H,24,25). The molecule has 0 aliphatic rings. The zero-order valence-electron chi connectivity index (χ0n) is 16.7. The lowest BCUT2D eigenvalue weighted by molar-refractivity contribution is -0.160. The average Bonchev–Trinajstić information content (AvgIpc) is 2.66. The number of esters is 1. The molecule has 0 unspecified atom stereocenters. The Morgan fingerprint density at radius 3 is 2.47 bits per heavy atom. The fourth-order valence-electron chi connectivity index (χ4n) is 2.79. The minimum Gasteiger partial charge on any atom is -0.476 e. The van der Waals surface area contributed by atoms with E-state index in [2.05, 4.69) is 5.32 Å². The fraction of sp³-hybridized carbons (Fsp3) is 0.227. The lowest BCUT2D eigenvalue weighted by atomic mass is 10.1. The monoisotopic (exact) mass is 429 g/mol. The van der Waals surface area contributed by atoms with E-state index in [1.165, 1.54) is 19.1 Å². The molecule has 3 rings (SSSR count). The highest BCUT2D eigenvalue weighted by Crippen LogP contribution is 2.24. The average molecular weight is 430 g/mol. The molecule has 1 aromatic heterocycles. The third-order valence-corrected chi connectivity index (χ3v) is 4.44. The van der Waals surface area contributed by atoms with Gasteiger partial charge in [0.2, 0.25) is 5.91 Å². The zero-order valence-corrected chi connectivity index (χ0v) is 17.4. The van der Waals surface area contributed by atoms with Gasteiger partial charge >= 0.3 is 11.6 Å². The Bertz CT molecular complexity index is 1150. The lowest BCUT2D eigenvalue weighted by Gasteiger charge is -2.24. The molecule has 1 amide bonds. The summed E-state index contributed by atoms with van der Waals surface area (Å²) in [6.45, 7) is 4.40. The third kappa shape index (κ3) is 5.18. The normalized spacial score (nSPS) is 11.2. The summed E-state index contributed by atoms with van der Waals surface area (Å²) in [5.74, 6) is -0.379. The second-order valence-electron chi connectivity index (χ2n) is 7.13. The van der Waals surface area contributed by atoms with Crippen molar-refractivity contribution in [2.24, 2.45) is 0 Å². The van der Waals surface area contributed by atoms with E-state index in [9.17, 15) is 14.4 Å². The predicted molar refractivity (Wildman–Crippen MR) is 113 cm³/mol. The van der Waals surface area contributed by atoms with Crippen molar-refractivity contribution in [2.45, 2.75) is 33.0 Å². The molecular weight excluding hydrogens is 410 g/mol. The van der Waals surface area contributed by atoms with E-state index in [-0.39, 0.29) is 18.1 Å². The number of carbonyl (C=O) groups is 2. The minimum absolute atomic E-state index is 0.145. The van der Waals surface area contributed by atoms with Crippen LogP contribution in [0.15, 0.2) is 57.7 Å². The van der Waals surface area contributed by atoms with Crippen LogP contribution in [0.5, 0.6) is 5.75 Å². The van der Waals surface area contributed by atoms with Crippen LogP contribution in [0, 0.1) is 0 Å². The highest BCUT2D eigenvalue weighted by atomic mass is 35.5. The van der Waals surface area contributed by atoms with Crippen LogP contribution < -0.4 is 15.7 Å². The van der Waals surface area contributed by atoms with Gasteiger partial charge in [0.1, 0.15) is 17.9 Å². The molecule has 0 saturated heterocycles. The first kappa shape index (κ1) is 21.4. The van der Waals surface area contributed by atoms with Crippen LogP contribution >= 0.6 is 11.6 Å². The summed E-state index contributed by atoms with van der Waals surface area (Å²) in [7, 11) is 0. The minimum atomic E-state index is -1.26. The number of ether oxygens (including phenoxy) is 2. The van der Waals surface area contributed by atoms with Crippen molar-refractivity contribution in [1.82, 2.24) is 0 Å². The number of anilines is 1. The molecule has 0 atom stereocenters. The van der Waals surface area contributed by atoms with Crippen molar-refractivity contribution in [3.63, 3.8) is 0 Å². The number of amides is 1. The van der Waals surface area contributed by atoms with E-state index in [0.717, 1.165) is 0 Å². The molecule has 0 aliphatic carbocycles. The highest BCUT2D eigenvalue weighted by molar-refractivity contribution is 6.30. The Labute approximate surface area is 177 Å². The van der Waals surface area contributed by atoms with Gasteiger partial charge in [0, 0.05) is 40.7 Å². The Morgan fingerprint density at radius 1 is 1.10 bits per heavy atom. The van der Waals surface area contributed by atoms with Crippen LogP contribution in [-0.2, 0) is 20.9 Å². The molecule has 30 heavy (non-hydrogen) atoms. The molecule has 2 aromatic carbocycles.